The summed E-state index contributed by atoms with van der Waals surface area (Å²) in [5.74, 6) is 2.32. The van der Waals surface area contributed by atoms with Crippen molar-refractivity contribution in [3.63, 3.8) is 0 Å². The van der Waals surface area contributed by atoms with Crippen molar-refractivity contribution in [1.82, 2.24) is 4.98 Å². The number of carbonyl (C=O) groups excluding carboxylic acids is 1. The first-order valence-electron chi connectivity index (χ1n) is 6.25. The average molecular weight is 215 g/mol. The van der Waals surface area contributed by atoms with Gasteiger partial charge in [-0.1, -0.05) is 12.5 Å². The molecular weight excluding hydrogens is 198 g/mol. The van der Waals surface area contributed by atoms with E-state index in [1.165, 1.54) is 19.3 Å². The molecule has 3 atom stereocenters. The molecule has 2 saturated carbocycles. The monoisotopic (exact) mass is 215 g/mol. The molecule has 0 saturated heterocycles. The maximum absolute atomic E-state index is 12.2. The van der Waals surface area contributed by atoms with Crippen molar-refractivity contribution >= 4 is 5.78 Å². The van der Waals surface area contributed by atoms with Gasteiger partial charge in [0.1, 0.15) is 5.78 Å². The highest BCUT2D eigenvalue weighted by atomic mass is 16.1. The molecular formula is C14H17NO. The Morgan fingerprint density at radius 1 is 1.31 bits per heavy atom. The van der Waals surface area contributed by atoms with Gasteiger partial charge in [-0.15, -0.1) is 0 Å². The quantitative estimate of drug-likeness (QED) is 0.775. The Bertz CT molecular complexity index is 387. The summed E-state index contributed by atoms with van der Waals surface area (Å²) >= 11 is 0. The highest BCUT2D eigenvalue weighted by Gasteiger charge is 2.42. The number of nitrogens with zero attached hydrogens (tertiary/aromatic N) is 1. The van der Waals surface area contributed by atoms with E-state index in [1.54, 1.807) is 6.20 Å². The van der Waals surface area contributed by atoms with Gasteiger partial charge in [0, 0.05) is 24.2 Å². The van der Waals surface area contributed by atoms with Crippen LogP contribution in [0, 0.1) is 17.8 Å². The normalized spacial score (nSPS) is 31.9. The molecule has 2 heteroatoms. The third-order valence-electron chi connectivity index (χ3n) is 4.23. The van der Waals surface area contributed by atoms with Crippen molar-refractivity contribution in [2.75, 3.05) is 0 Å². The largest absolute Gasteiger partial charge is 0.299 e. The molecule has 0 aliphatic heterocycles. The zero-order valence-electron chi connectivity index (χ0n) is 9.43. The second kappa shape index (κ2) is 4.00. The van der Waals surface area contributed by atoms with Gasteiger partial charge in [0.05, 0.1) is 0 Å². The highest BCUT2D eigenvalue weighted by molar-refractivity contribution is 5.83. The van der Waals surface area contributed by atoms with Crippen LogP contribution in [-0.2, 0) is 11.2 Å². The Morgan fingerprint density at radius 3 is 2.88 bits per heavy atom. The zero-order chi connectivity index (χ0) is 11.0. The first-order chi connectivity index (χ1) is 7.83. The molecule has 3 rings (SSSR count). The fourth-order valence-electron chi connectivity index (χ4n) is 3.45. The van der Waals surface area contributed by atoms with E-state index < -0.39 is 0 Å². The molecule has 2 nitrogen and oxygen atoms in total. The summed E-state index contributed by atoms with van der Waals surface area (Å²) in [6, 6.07) is 5.80. The van der Waals surface area contributed by atoms with Crippen LogP contribution in [0.1, 0.15) is 31.4 Å². The first-order valence-corrected chi connectivity index (χ1v) is 6.25. The van der Waals surface area contributed by atoms with Crippen LogP contribution in [-0.4, -0.2) is 10.8 Å². The predicted molar refractivity (Wildman–Crippen MR) is 61.9 cm³/mol. The summed E-state index contributed by atoms with van der Waals surface area (Å²) in [4.78, 5) is 16.4. The molecule has 2 aliphatic carbocycles. The molecule has 16 heavy (non-hydrogen) atoms. The van der Waals surface area contributed by atoms with Crippen LogP contribution < -0.4 is 0 Å². The molecule has 0 amide bonds. The van der Waals surface area contributed by atoms with Gasteiger partial charge in [-0.05, 0) is 43.2 Å². The minimum Gasteiger partial charge on any atom is -0.299 e. The fourth-order valence-corrected chi connectivity index (χ4v) is 3.45. The van der Waals surface area contributed by atoms with Crippen LogP contribution in [0.15, 0.2) is 24.4 Å². The number of fused-ring (bicyclic) bond motifs is 2. The van der Waals surface area contributed by atoms with E-state index in [2.05, 4.69) is 4.98 Å². The molecule has 3 unspecified atom stereocenters. The van der Waals surface area contributed by atoms with E-state index in [4.69, 9.17) is 0 Å². The predicted octanol–water partition coefficient (Wildman–Crippen LogP) is 2.63. The van der Waals surface area contributed by atoms with Crippen molar-refractivity contribution in [3.8, 4) is 0 Å². The van der Waals surface area contributed by atoms with E-state index in [-0.39, 0.29) is 0 Å². The van der Waals surface area contributed by atoms with Crippen LogP contribution in [0.5, 0.6) is 0 Å². The second-order valence-corrected chi connectivity index (χ2v) is 5.25. The maximum Gasteiger partial charge on any atom is 0.142 e. The standard InChI is InChI=1S/C14H17NO/c16-14(9-12-3-1-2-6-15-12)13-8-10-4-5-11(13)7-10/h1-3,6,10-11,13H,4-5,7-9H2. The number of hydrogen-bond donors (Lipinski definition) is 0. The fraction of sp³-hybridized carbons (Fsp3) is 0.571. The minimum atomic E-state index is 0.348. The van der Waals surface area contributed by atoms with Crippen LogP contribution in [0.4, 0.5) is 0 Å². The molecule has 1 heterocycles. The Kier molecular flexibility index (Phi) is 2.50. The molecule has 0 aromatic carbocycles. The van der Waals surface area contributed by atoms with E-state index in [1.807, 2.05) is 18.2 Å². The van der Waals surface area contributed by atoms with E-state index >= 15 is 0 Å². The van der Waals surface area contributed by atoms with Crippen molar-refractivity contribution in [2.45, 2.75) is 32.1 Å². The Hall–Kier alpha value is -1.18. The molecule has 1 aromatic rings. The number of pyridine rings is 1. The molecule has 0 spiro atoms. The van der Waals surface area contributed by atoms with E-state index in [0.29, 0.717) is 24.0 Å². The number of carbonyl (C=O) groups is 1. The number of ketones is 1. The van der Waals surface area contributed by atoms with Gasteiger partial charge in [0.15, 0.2) is 0 Å². The summed E-state index contributed by atoms with van der Waals surface area (Å²) in [6.07, 6.45) is 7.40. The van der Waals surface area contributed by atoms with Crippen molar-refractivity contribution in [3.05, 3.63) is 30.1 Å². The van der Waals surface area contributed by atoms with Gasteiger partial charge < -0.3 is 0 Å². The summed E-state index contributed by atoms with van der Waals surface area (Å²) in [5.41, 5.74) is 0.926. The second-order valence-electron chi connectivity index (χ2n) is 5.25. The first kappa shape index (κ1) is 10.0. The smallest absolute Gasteiger partial charge is 0.142 e. The average Bonchev–Trinajstić information content (AvgIpc) is 2.92. The molecule has 2 aliphatic rings. The summed E-state index contributed by atoms with van der Waals surface area (Å²) < 4.78 is 0. The highest BCUT2D eigenvalue weighted by Crippen LogP contribution is 2.48. The molecule has 84 valence electrons. The maximum atomic E-state index is 12.2. The third-order valence-corrected chi connectivity index (χ3v) is 4.23. The summed E-state index contributed by atoms with van der Waals surface area (Å²) in [5, 5.41) is 0. The SMILES string of the molecule is O=C(Cc1ccccn1)C1CC2CCC1C2. The van der Waals surface area contributed by atoms with Gasteiger partial charge in [-0.2, -0.15) is 0 Å². The Morgan fingerprint density at radius 2 is 2.25 bits per heavy atom. The number of rotatable bonds is 3. The van der Waals surface area contributed by atoms with Crippen LogP contribution in [0.25, 0.3) is 0 Å². The van der Waals surface area contributed by atoms with E-state index in [9.17, 15) is 4.79 Å². The van der Waals surface area contributed by atoms with Crippen LogP contribution in [0.3, 0.4) is 0 Å². The van der Waals surface area contributed by atoms with Gasteiger partial charge in [0.2, 0.25) is 0 Å². The molecule has 0 N–H and O–H groups in total. The van der Waals surface area contributed by atoms with Gasteiger partial charge in [0.25, 0.3) is 0 Å². The topological polar surface area (TPSA) is 30.0 Å². The zero-order valence-corrected chi connectivity index (χ0v) is 9.43. The molecule has 0 radical (unpaired) electrons. The molecule has 2 bridgehead atoms. The summed E-state index contributed by atoms with van der Waals surface area (Å²) in [6.45, 7) is 0. The van der Waals surface area contributed by atoms with Crippen molar-refractivity contribution < 1.29 is 4.79 Å². The lowest BCUT2D eigenvalue weighted by molar-refractivity contribution is -0.123. The van der Waals surface area contributed by atoms with Crippen molar-refractivity contribution in [2.24, 2.45) is 17.8 Å². The third kappa shape index (κ3) is 1.77. The lowest BCUT2D eigenvalue weighted by atomic mass is 9.84. The Labute approximate surface area is 96.1 Å². The van der Waals surface area contributed by atoms with Gasteiger partial charge >= 0.3 is 0 Å². The van der Waals surface area contributed by atoms with Gasteiger partial charge in [-0.3, -0.25) is 9.78 Å². The van der Waals surface area contributed by atoms with Crippen LogP contribution in [0.2, 0.25) is 0 Å². The molecule has 1 aromatic heterocycles. The molecule has 2 fully saturated rings. The number of Topliss-reactive ketones (excluding diaryl/α,β-unsaturated/α-hetero) is 1. The van der Waals surface area contributed by atoms with Gasteiger partial charge in [-0.25, -0.2) is 0 Å². The lowest BCUT2D eigenvalue weighted by Crippen LogP contribution is -2.22. The summed E-state index contributed by atoms with van der Waals surface area (Å²) in [7, 11) is 0. The number of aromatic nitrogens is 1. The lowest BCUT2D eigenvalue weighted by Gasteiger charge is -2.19. The van der Waals surface area contributed by atoms with Crippen LogP contribution >= 0.6 is 0 Å². The van der Waals surface area contributed by atoms with E-state index in [0.717, 1.165) is 18.0 Å². The minimum absolute atomic E-state index is 0.348. The van der Waals surface area contributed by atoms with Crippen molar-refractivity contribution in [1.29, 1.82) is 0 Å². The Balaban J connectivity index is 1.66. The number of hydrogen-bond acceptors (Lipinski definition) is 2.